The first kappa shape index (κ1) is 20.9. The topological polar surface area (TPSA) is 16.4 Å². The van der Waals surface area contributed by atoms with E-state index >= 15 is 0 Å². The summed E-state index contributed by atoms with van der Waals surface area (Å²) < 4.78 is 8.40. The minimum Gasteiger partial charge on any atom is -0.409 e. The Morgan fingerprint density at radius 3 is 1.60 bits per heavy atom. The molecule has 0 atom stereocenters. The number of hydrogen-bond acceptors (Lipinski definition) is 2. The van der Waals surface area contributed by atoms with Crippen molar-refractivity contribution >= 4 is 5.70 Å². The van der Waals surface area contributed by atoms with Gasteiger partial charge < -0.3 is 4.74 Å². The Morgan fingerprint density at radius 1 is 0.514 bits per heavy atom. The molecule has 168 valence electrons. The molecule has 0 radical (unpaired) electrons. The van der Waals surface area contributed by atoms with Gasteiger partial charge in [-0.3, -0.25) is 0 Å². The Balaban J connectivity index is 1.43. The molecule has 0 saturated carbocycles. The van der Waals surface area contributed by atoms with Gasteiger partial charge in [-0.25, -0.2) is 0 Å². The molecule has 0 saturated heterocycles. The molecule has 0 bridgehead atoms. The number of hydrogen-bond donors (Lipinski definition) is 0. The van der Waals surface area contributed by atoms with Crippen LogP contribution in [-0.4, -0.2) is 7.05 Å². The fraction of sp³-hybridized carbons (Fsp3) is 0.0312. The fourth-order valence-electron chi connectivity index (χ4n) is 4.59. The highest BCUT2D eigenvalue weighted by atomic mass is 16.5. The molecule has 1 aliphatic heterocycles. The third-order valence-corrected chi connectivity index (χ3v) is 6.41. The van der Waals surface area contributed by atoms with E-state index in [1.807, 2.05) is 24.5 Å². The van der Waals surface area contributed by atoms with E-state index < -0.39 is 0 Å². The molecule has 35 heavy (non-hydrogen) atoms. The highest BCUT2D eigenvalue weighted by molar-refractivity contribution is 5.75. The van der Waals surface area contributed by atoms with Gasteiger partial charge in [0.05, 0.1) is 13.1 Å². The van der Waals surface area contributed by atoms with Gasteiger partial charge >= 0.3 is 5.88 Å². The average Bonchev–Trinajstić information content (AvgIpc) is 2.94. The molecule has 4 aromatic carbocycles. The highest BCUT2D eigenvalue weighted by Gasteiger charge is 2.32. The monoisotopic (exact) mass is 453 g/mol. The molecule has 0 spiro atoms. The lowest BCUT2D eigenvalue weighted by atomic mass is 10.0. The van der Waals surface area contributed by atoms with Crippen LogP contribution in [0.25, 0.3) is 39.2 Å². The third kappa shape index (κ3) is 3.98. The van der Waals surface area contributed by atoms with Gasteiger partial charge in [-0.2, -0.15) is 0 Å². The minimum atomic E-state index is 0.775. The Morgan fingerprint density at radius 2 is 1.00 bits per heavy atom. The van der Waals surface area contributed by atoms with Gasteiger partial charge in [0, 0.05) is 17.2 Å². The van der Waals surface area contributed by atoms with Crippen LogP contribution in [-0.2, 0) is 0 Å². The maximum Gasteiger partial charge on any atom is 0.403 e. The van der Waals surface area contributed by atoms with E-state index in [1.165, 1.54) is 11.1 Å². The average molecular weight is 454 g/mol. The summed E-state index contributed by atoms with van der Waals surface area (Å²) in [5, 5.41) is 2.16. The van der Waals surface area contributed by atoms with Crippen molar-refractivity contribution in [2.24, 2.45) is 0 Å². The molecule has 1 aromatic heterocycles. The van der Waals surface area contributed by atoms with Crippen LogP contribution in [0.1, 0.15) is 5.56 Å². The van der Waals surface area contributed by atoms with Crippen molar-refractivity contribution in [1.29, 1.82) is 0 Å². The number of pyridine rings is 1. The van der Waals surface area contributed by atoms with Crippen LogP contribution in [0.2, 0.25) is 0 Å². The maximum absolute atomic E-state index is 6.26. The van der Waals surface area contributed by atoms with Gasteiger partial charge in [0.1, 0.15) is 12.0 Å². The van der Waals surface area contributed by atoms with E-state index in [0.29, 0.717) is 0 Å². The Bertz CT molecular complexity index is 1490. The second-order valence-corrected chi connectivity index (χ2v) is 8.60. The molecule has 2 heterocycles. The van der Waals surface area contributed by atoms with Crippen LogP contribution in [0.3, 0.4) is 0 Å². The van der Waals surface area contributed by atoms with Gasteiger partial charge in [0.2, 0.25) is 5.69 Å². The number of fused-ring (bicyclic) bond motifs is 1. The second kappa shape index (κ2) is 8.96. The van der Waals surface area contributed by atoms with Crippen LogP contribution in [0.5, 0.6) is 5.88 Å². The molecular weight excluding hydrogens is 428 g/mol. The highest BCUT2D eigenvalue weighted by Crippen LogP contribution is 2.31. The van der Waals surface area contributed by atoms with Crippen molar-refractivity contribution in [2.75, 3.05) is 12.1 Å². The van der Waals surface area contributed by atoms with Gasteiger partial charge in [-0.05, 0) is 39.1 Å². The standard InChI is InChI=1S/C32H25N2O/c1-33-31(28-19-17-26(18-20-28)24-11-5-2-6-12-24)23-35-32-22-29(25-13-7-3-8-14-25)21-30(34(32)33)27-15-9-4-10-16-27/h2-23H,1H3/q+1. The van der Waals surface area contributed by atoms with Crippen LogP contribution in [0, 0.1) is 0 Å². The van der Waals surface area contributed by atoms with E-state index in [4.69, 9.17) is 4.74 Å². The second-order valence-electron chi connectivity index (χ2n) is 8.60. The lowest BCUT2D eigenvalue weighted by molar-refractivity contribution is -0.676. The third-order valence-electron chi connectivity index (χ3n) is 6.41. The van der Waals surface area contributed by atoms with Crippen molar-refractivity contribution in [3.05, 3.63) is 139 Å². The molecule has 3 heteroatoms. The van der Waals surface area contributed by atoms with Crippen LogP contribution in [0.4, 0.5) is 0 Å². The van der Waals surface area contributed by atoms with Gasteiger partial charge in [-0.15, -0.1) is 5.01 Å². The van der Waals surface area contributed by atoms with Crippen molar-refractivity contribution < 1.29 is 9.41 Å². The first-order valence-electron chi connectivity index (χ1n) is 11.8. The summed E-state index contributed by atoms with van der Waals surface area (Å²) in [7, 11) is 2.08. The summed E-state index contributed by atoms with van der Waals surface area (Å²) in [6.07, 6.45) is 1.84. The first-order valence-corrected chi connectivity index (χ1v) is 11.8. The lowest BCUT2D eigenvalue weighted by Crippen LogP contribution is -2.57. The quantitative estimate of drug-likeness (QED) is 0.274. The molecule has 5 aromatic rings. The van der Waals surface area contributed by atoms with E-state index in [1.54, 1.807) is 0 Å². The summed E-state index contributed by atoms with van der Waals surface area (Å²) >= 11 is 0. The SMILES string of the molecule is CN1C(c2ccc(-c3ccccc3)cc2)=COc2cc(-c3ccccc3)cc(-c3ccccc3)[n+]21. The molecular formula is C32H25N2O+. The predicted octanol–water partition coefficient (Wildman–Crippen LogP) is 6.93. The lowest BCUT2D eigenvalue weighted by Gasteiger charge is -2.24. The summed E-state index contributed by atoms with van der Waals surface area (Å²) in [5.74, 6) is 0.775. The van der Waals surface area contributed by atoms with Crippen molar-refractivity contribution in [3.8, 4) is 39.4 Å². The predicted molar refractivity (Wildman–Crippen MR) is 142 cm³/mol. The Hall–Kier alpha value is -4.63. The smallest absolute Gasteiger partial charge is 0.403 e. The molecule has 0 amide bonds. The van der Waals surface area contributed by atoms with E-state index in [9.17, 15) is 0 Å². The molecule has 0 aliphatic carbocycles. The summed E-state index contributed by atoms with van der Waals surface area (Å²) in [5.41, 5.74) is 8.96. The fourth-order valence-corrected chi connectivity index (χ4v) is 4.59. The molecule has 0 fully saturated rings. The van der Waals surface area contributed by atoms with E-state index in [2.05, 4.69) is 126 Å². The van der Waals surface area contributed by atoms with Crippen molar-refractivity contribution in [3.63, 3.8) is 0 Å². The molecule has 0 unspecified atom stereocenters. The van der Waals surface area contributed by atoms with Crippen molar-refractivity contribution in [2.45, 2.75) is 0 Å². The molecule has 6 rings (SSSR count). The van der Waals surface area contributed by atoms with Gasteiger partial charge in [0.15, 0.2) is 0 Å². The Kier molecular flexibility index (Phi) is 5.36. The summed E-state index contributed by atoms with van der Waals surface area (Å²) in [6, 6.07) is 44.3. The molecule has 0 N–H and O–H groups in total. The number of rotatable bonds is 4. The summed E-state index contributed by atoms with van der Waals surface area (Å²) in [6.45, 7) is 0. The zero-order valence-corrected chi connectivity index (χ0v) is 19.5. The summed E-state index contributed by atoms with van der Waals surface area (Å²) in [4.78, 5) is 0. The van der Waals surface area contributed by atoms with E-state index in [0.717, 1.165) is 39.5 Å². The van der Waals surface area contributed by atoms with Gasteiger partial charge in [-0.1, -0.05) is 103 Å². The minimum absolute atomic E-state index is 0.775. The number of ether oxygens (including phenoxy) is 1. The maximum atomic E-state index is 6.26. The first-order chi connectivity index (χ1) is 17.3. The van der Waals surface area contributed by atoms with Crippen molar-refractivity contribution in [1.82, 2.24) is 0 Å². The largest absolute Gasteiger partial charge is 0.409 e. The van der Waals surface area contributed by atoms with Crippen LogP contribution in [0.15, 0.2) is 134 Å². The van der Waals surface area contributed by atoms with Crippen LogP contribution >= 0.6 is 0 Å². The van der Waals surface area contributed by atoms with Crippen LogP contribution < -0.4 is 14.4 Å². The Labute approximate surface area is 205 Å². The number of benzene rings is 4. The van der Waals surface area contributed by atoms with Gasteiger partial charge in [0.25, 0.3) is 0 Å². The zero-order chi connectivity index (χ0) is 23.6. The number of aromatic nitrogens is 1. The normalized spacial score (nSPS) is 12.5. The molecule has 3 nitrogen and oxygen atoms in total. The zero-order valence-electron chi connectivity index (χ0n) is 19.5. The van der Waals surface area contributed by atoms with E-state index in [-0.39, 0.29) is 0 Å². The molecule has 1 aliphatic rings. The number of nitrogens with zero attached hydrogens (tertiary/aromatic N) is 2.